The van der Waals surface area contributed by atoms with Gasteiger partial charge in [0.05, 0.1) is 0 Å². The summed E-state index contributed by atoms with van der Waals surface area (Å²) < 4.78 is 0. The van der Waals surface area contributed by atoms with E-state index >= 15 is 0 Å². The minimum absolute atomic E-state index is 0. The smallest absolute Gasteiger partial charge is 0 e. The van der Waals surface area contributed by atoms with Gasteiger partial charge in [-0.25, -0.2) is 0 Å². The maximum atomic E-state index is 2.46. The van der Waals surface area contributed by atoms with E-state index in [1.807, 2.05) is 0 Å². The molecule has 3 rings (SSSR count). The van der Waals surface area contributed by atoms with Crippen LogP contribution in [0.4, 0.5) is 0 Å². The van der Waals surface area contributed by atoms with Gasteiger partial charge < -0.3 is 0 Å². The fraction of sp³-hybridized carbons (Fsp3) is 0.684. The molecule has 0 nitrogen and oxygen atoms in total. The predicted octanol–water partition coefficient (Wildman–Crippen LogP) is 5.77. The van der Waals surface area contributed by atoms with E-state index in [0.29, 0.717) is 0 Å². The second kappa shape index (κ2) is 8.82. The number of rotatable bonds is 3. The van der Waals surface area contributed by atoms with Crippen molar-refractivity contribution in [3.8, 4) is 0 Å². The Balaban J connectivity index is 0.00000161. The Morgan fingerprint density at radius 1 is 0.762 bits per heavy atom. The molecule has 0 unspecified atom stereocenters. The first-order valence-corrected chi connectivity index (χ1v) is 10.2. The second-order valence-corrected chi connectivity index (χ2v) is 9.53. The summed E-state index contributed by atoms with van der Waals surface area (Å²) in [6.45, 7) is 2.34. The Morgan fingerprint density at radius 2 is 1.24 bits per heavy atom. The standard InChI is InChI=1S/C19H29P.Pd/c1-16-10-8-9-15-19(16)20(17-11-4-2-5-12-17)18-13-6-3-7-14-18;/h8-10,15,17-18H,2-7,11-14H2,1H3;. The zero-order valence-electron chi connectivity index (χ0n) is 13.3. The molecule has 2 saturated carbocycles. The molecule has 0 aromatic heterocycles. The van der Waals surface area contributed by atoms with Crippen LogP contribution in [0.5, 0.6) is 0 Å². The van der Waals surface area contributed by atoms with E-state index in [-0.39, 0.29) is 28.3 Å². The van der Waals surface area contributed by atoms with E-state index in [4.69, 9.17) is 0 Å². The van der Waals surface area contributed by atoms with Crippen molar-refractivity contribution in [3.05, 3.63) is 29.8 Å². The van der Waals surface area contributed by atoms with Crippen molar-refractivity contribution in [2.24, 2.45) is 0 Å². The number of hydrogen-bond acceptors (Lipinski definition) is 0. The predicted molar refractivity (Wildman–Crippen MR) is 91.5 cm³/mol. The quantitative estimate of drug-likeness (QED) is 0.451. The molecule has 2 aliphatic rings. The number of benzene rings is 1. The van der Waals surface area contributed by atoms with Gasteiger partial charge in [-0.15, -0.1) is 0 Å². The summed E-state index contributed by atoms with van der Waals surface area (Å²) in [7, 11) is 0.0871. The van der Waals surface area contributed by atoms with Gasteiger partial charge in [-0.3, -0.25) is 0 Å². The summed E-state index contributed by atoms with van der Waals surface area (Å²) >= 11 is 0. The van der Waals surface area contributed by atoms with Crippen molar-refractivity contribution in [2.75, 3.05) is 0 Å². The van der Waals surface area contributed by atoms with E-state index in [1.54, 1.807) is 10.9 Å². The first-order chi connectivity index (χ1) is 9.86. The summed E-state index contributed by atoms with van der Waals surface area (Å²) in [6.07, 6.45) is 15.0. The molecule has 0 aliphatic heterocycles. The molecule has 2 fully saturated rings. The third-order valence-corrected chi connectivity index (χ3v) is 8.99. The second-order valence-electron chi connectivity index (χ2n) is 6.78. The average Bonchev–Trinajstić information content (AvgIpc) is 2.52. The van der Waals surface area contributed by atoms with Crippen LogP contribution in [0.15, 0.2) is 24.3 Å². The summed E-state index contributed by atoms with van der Waals surface area (Å²) in [6, 6.07) is 9.30. The van der Waals surface area contributed by atoms with Crippen molar-refractivity contribution in [1.82, 2.24) is 0 Å². The summed E-state index contributed by atoms with van der Waals surface area (Å²) in [5, 5.41) is 1.75. The molecule has 2 heteroatoms. The Kier molecular flexibility index (Phi) is 7.42. The third kappa shape index (κ3) is 4.41. The monoisotopic (exact) mass is 394 g/mol. The molecule has 0 amide bonds. The zero-order valence-corrected chi connectivity index (χ0v) is 15.7. The first-order valence-electron chi connectivity index (χ1n) is 8.70. The summed E-state index contributed by atoms with van der Waals surface area (Å²) in [5.74, 6) is 0. The molecule has 120 valence electrons. The van der Waals surface area contributed by atoms with Gasteiger partial charge in [-0.05, 0) is 54.8 Å². The van der Waals surface area contributed by atoms with E-state index in [9.17, 15) is 0 Å². The molecular weight excluding hydrogens is 366 g/mol. The molecule has 0 N–H and O–H groups in total. The van der Waals surface area contributed by atoms with Crippen LogP contribution in [0.3, 0.4) is 0 Å². The van der Waals surface area contributed by atoms with Gasteiger partial charge in [0.2, 0.25) is 0 Å². The fourth-order valence-corrected chi connectivity index (χ4v) is 8.23. The van der Waals surface area contributed by atoms with Crippen molar-refractivity contribution in [2.45, 2.75) is 82.4 Å². The normalized spacial score (nSPS) is 21.2. The van der Waals surface area contributed by atoms with Crippen LogP contribution in [0.25, 0.3) is 0 Å². The minimum Gasteiger partial charge on any atom is -0.0687 e. The van der Waals surface area contributed by atoms with E-state index in [1.165, 1.54) is 64.2 Å². The van der Waals surface area contributed by atoms with Crippen molar-refractivity contribution in [3.63, 3.8) is 0 Å². The average molecular weight is 395 g/mol. The van der Waals surface area contributed by atoms with Gasteiger partial charge in [0, 0.05) is 20.4 Å². The van der Waals surface area contributed by atoms with Crippen LogP contribution in [-0.2, 0) is 20.4 Å². The van der Waals surface area contributed by atoms with Gasteiger partial charge in [-0.1, -0.05) is 70.7 Å². The summed E-state index contributed by atoms with van der Waals surface area (Å²) in [4.78, 5) is 0. The van der Waals surface area contributed by atoms with Crippen LogP contribution >= 0.6 is 7.92 Å². The Hall–Kier alpha value is 0.312. The summed E-state index contributed by atoms with van der Waals surface area (Å²) in [5.41, 5.74) is 3.63. The molecule has 0 saturated heterocycles. The molecule has 0 spiro atoms. The molecule has 1 aromatic carbocycles. The van der Waals surface area contributed by atoms with E-state index in [0.717, 1.165) is 11.3 Å². The molecule has 0 radical (unpaired) electrons. The van der Waals surface area contributed by atoms with E-state index in [2.05, 4.69) is 31.2 Å². The van der Waals surface area contributed by atoms with Crippen LogP contribution < -0.4 is 5.30 Å². The number of hydrogen-bond donors (Lipinski definition) is 0. The zero-order chi connectivity index (χ0) is 13.8. The molecule has 0 bridgehead atoms. The van der Waals surface area contributed by atoms with Crippen molar-refractivity contribution in [1.29, 1.82) is 0 Å². The molecule has 1 aromatic rings. The SMILES string of the molecule is Cc1ccccc1P(C1CCCCC1)C1CCCCC1.[Pd]. The van der Waals surface area contributed by atoms with Crippen molar-refractivity contribution >= 4 is 13.2 Å². The molecule has 2 aliphatic carbocycles. The van der Waals surface area contributed by atoms with Gasteiger partial charge in [0.1, 0.15) is 0 Å². The van der Waals surface area contributed by atoms with Crippen molar-refractivity contribution < 1.29 is 20.4 Å². The molecular formula is C19H29PPd. The first kappa shape index (κ1) is 17.7. The Labute approximate surface area is 145 Å². The van der Waals surface area contributed by atoms with E-state index < -0.39 is 0 Å². The number of aryl methyl sites for hydroxylation is 1. The van der Waals surface area contributed by atoms with Gasteiger partial charge >= 0.3 is 0 Å². The topological polar surface area (TPSA) is 0 Å². The molecule has 21 heavy (non-hydrogen) atoms. The third-order valence-electron chi connectivity index (χ3n) is 5.33. The van der Waals surface area contributed by atoms with Crippen LogP contribution in [0, 0.1) is 6.92 Å². The van der Waals surface area contributed by atoms with Crippen LogP contribution in [-0.4, -0.2) is 11.3 Å². The largest absolute Gasteiger partial charge is 0.0687 e. The molecule has 0 heterocycles. The Bertz CT molecular complexity index is 401. The minimum atomic E-state index is 0. The van der Waals surface area contributed by atoms with Crippen LogP contribution in [0.2, 0.25) is 0 Å². The Morgan fingerprint density at radius 3 is 1.71 bits per heavy atom. The van der Waals surface area contributed by atoms with Gasteiger partial charge in [0.15, 0.2) is 0 Å². The maximum absolute atomic E-state index is 2.46. The fourth-order valence-electron chi connectivity index (χ4n) is 4.26. The molecule has 0 atom stereocenters. The van der Waals surface area contributed by atoms with Gasteiger partial charge in [0.25, 0.3) is 0 Å². The van der Waals surface area contributed by atoms with Crippen LogP contribution in [0.1, 0.15) is 69.8 Å². The maximum Gasteiger partial charge on any atom is 0 e. The van der Waals surface area contributed by atoms with Gasteiger partial charge in [-0.2, -0.15) is 0 Å².